The molecule has 0 radical (unpaired) electrons. The van der Waals surface area contributed by atoms with Gasteiger partial charge in [-0.3, -0.25) is 13.9 Å². The van der Waals surface area contributed by atoms with Gasteiger partial charge in [0, 0.05) is 29.6 Å². The number of sulfonamides is 1. The van der Waals surface area contributed by atoms with Gasteiger partial charge < -0.3 is 10.2 Å². The van der Waals surface area contributed by atoms with Gasteiger partial charge in [-0.2, -0.15) is 0 Å². The van der Waals surface area contributed by atoms with E-state index in [-0.39, 0.29) is 35.4 Å². The van der Waals surface area contributed by atoms with Crippen LogP contribution in [0.2, 0.25) is 10.0 Å². The Bertz CT molecular complexity index is 1650. The van der Waals surface area contributed by atoms with Crippen molar-refractivity contribution >= 4 is 50.7 Å². The fraction of sp³-hybridized carbons (Fsp3) is 0.235. The van der Waals surface area contributed by atoms with Gasteiger partial charge >= 0.3 is 0 Å². The van der Waals surface area contributed by atoms with Crippen molar-refractivity contribution in [2.45, 2.75) is 37.8 Å². The summed E-state index contributed by atoms with van der Waals surface area (Å²) >= 11 is 12.4. The molecule has 0 bridgehead atoms. The molecule has 0 saturated heterocycles. The Morgan fingerprint density at radius 2 is 1.41 bits per heavy atom. The van der Waals surface area contributed by atoms with Gasteiger partial charge in [0.2, 0.25) is 11.8 Å². The maximum Gasteiger partial charge on any atom is 0.264 e. The Kier molecular flexibility index (Phi) is 11.4. The Hall–Kier alpha value is -3.85. The number of hydrogen-bond acceptors (Lipinski definition) is 4. The summed E-state index contributed by atoms with van der Waals surface area (Å²) in [5, 5.41) is 3.82. The van der Waals surface area contributed by atoms with E-state index in [1.54, 1.807) is 60.7 Å². The summed E-state index contributed by atoms with van der Waals surface area (Å²) in [7, 11) is -4.20. The summed E-state index contributed by atoms with van der Waals surface area (Å²) in [4.78, 5) is 29.7. The van der Waals surface area contributed by atoms with E-state index in [2.05, 4.69) is 5.32 Å². The third-order valence-corrected chi connectivity index (χ3v) is 9.20. The van der Waals surface area contributed by atoms with Crippen molar-refractivity contribution in [3.8, 4) is 0 Å². The number of carbonyl (C=O) groups is 2. The van der Waals surface area contributed by atoms with E-state index in [0.29, 0.717) is 16.6 Å². The molecule has 0 aliphatic heterocycles. The standard InChI is InChI=1S/C34H35Cl2N3O4S/c1-25(2)22-37-34(41)32(20-26-10-5-3-6-11-26)38(23-27-16-18-28(35)19-17-27)33(40)24-39(30-13-9-12-29(36)21-30)44(42,43)31-14-7-4-8-15-31/h3-19,21,25,32H,20,22-24H2,1-2H3,(H,37,41)/t32-/m1/s1. The maximum atomic E-state index is 14.4. The van der Waals surface area contributed by atoms with E-state index in [1.165, 1.54) is 23.1 Å². The lowest BCUT2D eigenvalue weighted by Crippen LogP contribution is -2.53. The Morgan fingerprint density at radius 1 is 0.773 bits per heavy atom. The number of rotatable bonds is 13. The number of halogens is 2. The van der Waals surface area contributed by atoms with Crippen LogP contribution in [-0.4, -0.2) is 44.3 Å². The minimum atomic E-state index is -4.20. The lowest BCUT2D eigenvalue weighted by Gasteiger charge is -2.34. The van der Waals surface area contributed by atoms with Crippen LogP contribution in [0.3, 0.4) is 0 Å². The minimum Gasteiger partial charge on any atom is -0.354 e. The van der Waals surface area contributed by atoms with Gasteiger partial charge in [-0.1, -0.05) is 104 Å². The molecule has 0 spiro atoms. The summed E-state index contributed by atoms with van der Waals surface area (Å²) < 4.78 is 29.0. The number of amides is 2. The highest BCUT2D eigenvalue weighted by Crippen LogP contribution is 2.27. The van der Waals surface area contributed by atoms with Crippen LogP contribution in [0.1, 0.15) is 25.0 Å². The molecule has 4 aromatic carbocycles. The normalized spacial score (nSPS) is 12.0. The number of hydrogen-bond donors (Lipinski definition) is 1. The summed E-state index contributed by atoms with van der Waals surface area (Å²) in [6.07, 6.45) is 0.229. The van der Waals surface area contributed by atoms with Gasteiger partial charge in [-0.25, -0.2) is 8.42 Å². The second kappa shape index (κ2) is 15.2. The van der Waals surface area contributed by atoms with E-state index in [1.807, 2.05) is 44.2 Å². The van der Waals surface area contributed by atoms with E-state index in [9.17, 15) is 18.0 Å². The highest BCUT2D eigenvalue weighted by molar-refractivity contribution is 7.92. The average Bonchev–Trinajstić information content (AvgIpc) is 3.02. The van der Waals surface area contributed by atoms with E-state index in [4.69, 9.17) is 23.2 Å². The first-order chi connectivity index (χ1) is 21.0. The van der Waals surface area contributed by atoms with Crippen molar-refractivity contribution in [1.29, 1.82) is 0 Å². The average molecular weight is 653 g/mol. The first kappa shape index (κ1) is 33.1. The second-order valence-electron chi connectivity index (χ2n) is 10.8. The van der Waals surface area contributed by atoms with Gasteiger partial charge in [0.15, 0.2) is 0 Å². The van der Waals surface area contributed by atoms with Crippen LogP contribution in [0, 0.1) is 5.92 Å². The van der Waals surface area contributed by atoms with Crippen molar-refractivity contribution in [1.82, 2.24) is 10.2 Å². The molecule has 7 nitrogen and oxygen atoms in total. The highest BCUT2D eigenvalue weighted by atomic mass is 35.5. The number of nitrogens with one attached hydrogen (secondary N) is 1. The zero-order valence-electron chi connectivity index (χ0n) is 24.6. The fourth-order valence-electron chi connectivity index (χ4n) is 4.64. The first-order valence-corrected chi connectivity index (χ1v) is 16.4. The highest BCUT2D eigenvalue weighted by Gasteiger charge is 2.34. The Balaban J connectivity index is 1.79. The quantitative estimate of drug-likeness (QED) is 0.176. The van der Waals surface area contributed by atoms with Crippen molar-refractivity contribution < 1.29 is 18.0 Å². The van der Waals surface area contributed by atoms with Gasteiger partial charge in [0.1, 0.15) is 12.6 Å². The van der Waals surface area contributed by atoms with Gasteiger partial charge in [-0.15, -0.1) is 0 Å². The van der Waals surface area contributed by atoms with E-state index < -0.39 is 28.5 Å². The molecule has 2 amide bonds. The van der Waals surface area contributed by atoms with Gasteiger partial charge in [0.05, 0.1) is 10.6 Å². The topological polar surface area (TPSA) is 86.8 Å². The molecule has 4 rings (SSSR count). The molecule has 1 atom stereocenters. The summed E-state index contributed by atoms with van der Waals surface area (Å²) in [6.45, 7) is 3.89. The Labute approximate surface area is 269 Å². The maximum absolute atomic E-state index is 14.4. The summed E-state index contributed by atoms with van der Waals surface area (Å²) in [6, 6.07) is 29.7. The van der Waals surface area contributed by atoms with Crippen LogP contribution in [0.15, 0.2) is 114 Å². The number of carbonyl (C=O) groups excluding carboxylic acids is 2. The molecule has 0 unspecified atom stereocenters. The molecule has 0 aliphatic rings. The molecule has 0 saturated carbocycles. The number of benzene rings is 4. The lowest BCUT2D eigenvalue weighted by atomic mass is 10.0. The van der Waals surface area contributed by atoms with Crippen LogP contribution in [-0.2, 0) is 32.6 Å². The predicted octanol–water partition coefficient (Wildman–Crippen LogP) is 6.60. The second-order valence-corrected chi connectivity index (χ2v) is 13.5. The molecular formula is C34H35Cl2N3O4S. The predicted molar refractivity (Wildman–Crippen MR) is 176 cm³/mol. The largest absolute Gasteiger partial charge is 0.354 e. The lowest BCUT2D eigenvalue weighted by molar-refractivity contribution is -0.140. The van der Waals surface area contributed by atoms with Crippen LogP contribution in [0.25, 0.3) is 0 Å². The fourth-order valence-corrected chi connectivity index (χ4v) is 6.38. The van der Waals surface area contributed by atoms with E-state index >= 15 is 0 Å². The molecule has 0 fully saturated rings. The molecule has 0 heterocycles. The molecule has 4 aromatic rings. The zero-order chi connectivity index (χ0) is 31.7. The van der Waals surface area contributed by atoms with Crippen molar-refractivity contribution in [2.24, 2.45) is 5.92 Å². The molecule has 230 valence electrons. The third kappa shape index (κ3) is 8.85. The summed E-state index contributed by atoms with van der Waals surface area (Å²) in [5.41, 5.74) is 1.82. The third-order valence-electron chi connectivity index (χ3n) is 6.93. The van der Waals surface area contributed by atoms with Crippen LogP contribution in [0.4, 0.5) is 5.69 Å². The Morgan fingerprint density at radius 3 is 2.02 bits per heavy atom. The number of nitrogens with zero attached hydrogens (tertiary/aromatic N) is 2. The monoisotopic (exact) mass is 651 g/mol. The van der Waals surface area contributed by atoms with E-state index in [0.717, 1.165) is 15.4 Å². The van der Waals surface area contributed by atoms with Gasteiger partial charge in [0.25, 0.3) is 10.0 Å². The molecule has 0 aliphatic carbocycles. The van der Waals surface area contributed by atoms with Crippen molar-refractivity contribution in [3.05, 3.63) is 130 Å². The summed E-state index contributed by atoms with van der Waals surface area (Å²) in [5.74, 6) is -0.698. The molecule has 44 heavy (non-hydrogen) atoms. The van der Waals surface area contributed by atoms with Crippen LogP contribution < -0.4 is 9.62 Å². The van der Waals surface area contributed by atoms with Crippen LogP contribution >= 0.6 is 23.2 Å². The minimum absolute atomic E-state index is 0.0209. The smallest absolute Gasteiger partial charge is 0.264 e. The molecule has 10 heteroatoms. The molecule has 1 N–H and O–H groups in total. The van der Waals surface area contributed by atoms with Crippen molar-refractivity contribution in [2.75, 3.05) is 17.4 Å². The zero-order valence-corrected chi connectivity index (χ0v) is 26.9. The van der Waals surface area contributed by atoms with Gasteiger partial charge in [-0.05, 0) is 59.5 Å². The molecule has 0 aromatic heterocycles. The van der Waals surface area contributed by atoms with Crippen LogP contribution in [0.5, 0.6) is 0 Å². The van der Waals surface area contributed by atoms with Crippen molar-refractivity contribution in [3.63, 3.8) is 0 Å². The molecular weight excluding hydrogens is 617 g/mol. The SMILES string of the molecule is CC(C)CNC(=O)[C@@H](Cc1ccccc1)N(Cc1ccc(Cl)cc1)C(=O)CN(c1cccc(Cl)c1)S(=O)(=O)c1ccccc1. The number of anilines is 1. The first-order valence-electron chi connectivity index (χ1n) is 14.2.